The van der Waals surface area contributed by atoms with Gasteiger partial charge in [-0.15, -0.1) is 0 Å². The number of hydrogen-bond donors (Lipinski definition) is 2. The predicted octanol–water partition coefficient (Wildman–Crippen LogP) is 1.35. The highest BCUT2D eigenvalue weighted by molar-refractivity contribution is 5.78. The van der Waals surface area contributed by atoms with Crippen molar-refractivity contribution in [3.05, 3.63) is 30.1 Å². The van der Waals surface area contributed by atoms with Gasteiger partial charge in [-0.25, -0.2) is 5.84 Å². The summed E-state index contributed by atoms with van der Waals surface area (Å²) in [5.74, 6) is 5.76. The largest absolute Gasteiger partial charge is 0.294 e. The molecule has 0 aromatic carbocycles. The number of hydrogen-bond acceptors (Lipinski definition) is 3. The second-order valence-electron chi connectivity index (χ2n) is 4.34. The van der Waals surface area contributed by atoms with E-state index in [-0.39, 0.29) is 11.8 Å². The molecule has 86 valence electrons. The molecule has 0 bridgehead atoms. The SMILES string of the molecule is NNC(=O)[C@H]1CC[C@H](c2cccnc2)CC1. The van der Waals surface area contributed by atoms with Crippen LogP contribution in [0.5, 0.6) is 0 Å². The second kappa shape index (κ2) is 5.07. The van der Waals surface area contributed by atoms with Crippen LogP contribution in [0.25, 0.3) is 0 Å². The Hall–Kier alpha value is -1.42. The number of nitrogens with one attached hydrogen (secondary N) is 1. The highest BCUT2D eigenvalue weighted by Crippen LogP contribution is 2.35. The van der Waals surface area contributed by atoms with Gasteiger partial charge in [0.2, 0.25) is 5.91 Å². The Morgan fingerprint density at radius 1 is 1.38 bits per heavy atom. The van der Waals surface area contributed by atoms with E-state index in [0.29, 0.717) is 5.92 Å². The molecule has 4 heteroatoms. The van der Waals surface area contributed by atoms with Crippen LogP contribution in [-0.2, 0) is 4.79 Å². The van der Waals surface area contributed by atoms with Gasteiger partial charge >= 0.3 is 0 Å². The molecule has 1 aliphatic carbocycles. The lowest BCUT2D eigenvalue weighted by atomic mass is 9.79. The summed E-state index contributed by atoms with van der Waals surface area (Å²) in [4.78, 5) is 15.5. The Kier molecular flexibility index (Phi) is 3.51. The van der Waals surface area contributed by atoms with Gasteiger partial charge < -0.3 is 0 Å². The minimum Gasteiger partial charge on any atom is -0.294 e. The molecule has 0 saturated heterocycles. The molecule has 0 spiro atoms. The number of hydrazine groups is 1. The van der Waals surface area contributed by atoms with Crippen molar-refractivity contribution in [1.82, 2.24) is 10.4 Å². The van der Waals surface area contributed by atoms with Crippen LogP contribution in [0.3, 0.4) is 0 Å². The third-order valence-electron chi connectivity index (χ3n) is 3.40. The van der Waals surface area contributed by atoms with Gasteiger partial charge in [-0.3, -0.25) is 15.2 Å². The van der Waals surface area contributed by atoms with Crippen molar-refractivity contribution < 1.29 is 4.79 Å². The molecule has 1 fully saturated rings. The summed E-state index contributed by atoms with van der Waals surface area (Å²) in [5.41, 5.74) is 3.52. The molecule has 1 aromatic heterocycles. The Morgan fingerprint density at radius 3 is 2.69 bits per heavy atom. The average molecular weight is 219 g/mol. The zero-order valence-electron chi connectivity index (χ0n) is 9.23. The minimum atomic E-state index is -0.0235. The van der Waals surface area contributed by atoms with Crippen molar-refractivity contribution in [2.75, 3.05) is 0 Å². The molecular weight excluding hydrogens is 202 g/mol. The number of carbonyl (C=O) groups excluding carboxylic acids is 1. The zero-order chi connectivity index (χ0) is 11.4. The highest BCUT2D eigenvalue weighted by Gasteiger charge is 2.26. The van der Waals surface area contributed by atoms with E-state index < -0.39 is 0 Å². The molecule has 4 nitrogen and oxygen atoms in total. The van der Waals surface area contributed by atoms with E-state index in [9.17, 15) is 4.79 Å². The predicted molar refractivity (Wildman–Crippen MR) is 61.3 cm³/mol. The van der Waals surface area contributed by atoms with Gasteiger partial charge in [0.15, 0.2) is 0 Å². The molecule has 1 amide bonds. The monoisotopic (exact) mass is 219 g/mol. The Bertz CT molecular complexity index is 345. The van der Waals surface area contributed by atoms with E-state index in [1.54, 1.807) is 6.20 Å². The maximum absolute atomic E-state index is 11.4. The third kappa shape index (κ3) is 2.39. The molecule has 3 N–H and O–H groups in total. The fourth-order valence-corrected chi connectivity index (χ4v) is 2.42. The van der Waals surface area contributed by atoms with Crippen molar-refractivity contribution in [3.8, 4) is 0 Å². The van der Waals surface area contributed by atoms with Crippen LogP contribution in [0.2, 0.25) is 0 Å². The Labute approximate surface area is 95.2 Å². The molecule has 0 radical (unpaired) electrons. The number of rotatable bonds is 2. The van der Waals surface area contributed by atoms with Crippen molar-refractivity contribution in [2.24, 2.45) is 11.8 Å². The van der Waals surface area contributed by atoms with Crippen molar-refractivity contribution in [2.45, 2.75) is 31.6 Å². The third-order valence-corrected chi connectivity index (χ3v) is 3.40. The Balaban J connectivity index is 1.93. The summed E-state index contributed by atoms with van der Waals surface area (Å²) in [6, 6.07) is 4.08. The van der Waals surface area contributed by atoms with E-state index in [0.717, 1.165) is 25.7 Å². The number of aromatic nitrogens is 1. The lowest BCUT2D eigenvalue weighted by Crippen LogP contribution is -2.37. The van der Waals surface area contributed by atoms with Crippen molar-refractivity contribution >= 4 is 5.91 Å². The fourth-order valence-electron chi connectivity index (χ4n) is 2.42. The molecule has 1 heterocycles. The highest BCUT2D eigenvalue weighted by atomic mass is 16.2. The summed E-state index contributed by atoms with van der Waals surface area (Å²) < 4.78 is 0. The lowest BCUT2D eigenvalue weighted by molar-refractivity contribution is -0.126. The summed E-state index contributed by atoms with van der Waals surface area (Å²) in [6.45, 7) is 0. The smallest absolute Gasteiger partial charge is 0.236 e. The topological polar surface area (TPSA) is 68.0 Å². The molecule has 2 rings (SSSR count). The van der Waals surface area contributed by atoms with Crippen molar-refractivity contribution in [1.29, 1.82) is 0 Å². The first-order valence-electron chi connectivity index (χ1n) is 5.71. The van der Waals surface area contributed by atoms with Gasteiger partial charge in [-0.2, -0.15) is 0 Å². The van der Waals surface area contributed by atoms with E-state index >= 15 is 0 Å². The van der Waals surface area contributed by atoms with E-state index in [1.807, 2.05) is 12.3 Å². The Morgan fingerprint density at radius 2 is 2.12 bits per heavy atom. The first-order valence-corrected chi connectivity index (χ1v) is 5.71. The summed E-state index contributed by atoms with van der Waals surface area (Å²) >= 11 is 0. The molecule has 1 aromatic rings. The molecule has 16 heavy (non-hydrogen) atoms. The fraction of sp³-hybridized carbons (Fsp3) is 0.500. The van der Waals surface area contributed by atoms with Gasteiger partial charge in [-0.1, -0.05) is 6.07 Å². The van der Waals surface area contributed by atoms with Crippen LogP contribution < -0.4 is 11.3 Å². The van der Waals surface area contributed by atoms with Gasteiger partial charge in [0.1, 0.15) is 0 Å². The van der Waals surface area contributed by atoms with E-state index in [2.05, 4.69) is 16.5 Å². The van der Waals surface area contributed by atoms with Crippen LogP contribution >= 0.6 is 0 Å². The second-order valence-corrected chi connectivity index (χ2v) is 4.34. The summed E-state index contributed by atoms with van der Waals surface area (Å²) in [6.07, 6.45) is 7.64. The summed E-state index contributed by atoms with van der Waals surface area (Å²) in [7, 11) is 0. The number of amides is 1. The van der Waals surface area contributed by atoms with Crippen LogP contribution in [0.4, 0.5) is 0 Å². The number of carbonyl (C=O) groups is 1. The van der Waals surface area contributed by atoms with Gasteiger partial charge in [0, 0.05) is 18.3 Å². The first-order chi connectivity index (χ1) is 7.81. The minimum absolute atomic E-state index is 0.0235. The van der Waals surface area contributed by atoms with Crippen LogP contribution in [0.1, 0.15) is 37.2 Å². The van der Waals surface area contributed by atoms with Gasteiger partial charge in [0.25, 0.3) is 0 Å². The quantitative estimate of drug-likeness (QED) is 0.448. The number of nitrogens with zero attached hydrogens (tertiary/aromatic N) is 1. The van der Waals surface area contributed by atoms with E-state index in [4.69, 9.17) is 5.84 Å². The van der Waals surface area contributed by atoms with Crippen LogP contribution in [-0.4, -0.2) is 10.9 Å². The molecule has 1 saturated carbocycles. The molecular formula is C12H17N3O. The maximum Gasteiger partial charge on any atom is 0.236 e. The maximum atomic E-state index is 11.4. The van der Waals surface area contributed by atoms with E-state index in [1.165, 1.54) is 5.56 Å². The normalized spacial score (nSPS) is 25.1. The van der Waals surface area contributed by atoms with Crippen LogP contribution in [0.15, 0.2) is 24.5 Å². The number of pyridine rings is 1. The summed E-state index contributed by atoms with van der Waals surface area (Å²) in [5, 5.41) is 0. The molecule has 0 atom stereocenters. The van der Waals surface area contributed by atoms with Crippen molar-refractivity contribution in [3.63, 3.8) is 0 Å². The average Bonchev–Trinajstić information content (AvgIpc) is 2.39. The zero-order valence-corrected chi connectivity index (χ0v) is 9.23. The standard InChI is InChI=1S/C12H17N3O/c13-15-12(16)10-5-3-9(4-6-10)11-2-1-7-14-8-11/h1-2,7-10H,3-6,13H2,(H,15,16)/t9-,10-. The van der Waals surface area contributed by atoms with Gasteiger partial charge in [-0.05, 0) is 43.2 Å². The molecule has 0 unspecified atom stereocenters. The lowest BCUT2D eigenvalue weighted by Gasteiger charge is -2.27. The first kappa shape index (κ1) is 11.1. The molecule has 0 aliphatic heterocycles. The van der Waals surface area contributed by atoms with Gasteiger partial charge in [0.05, 0.1) is 0 Å². The molecule has 1 aliphatic rings. The number of nitrogens with two attached hydrogens (primary N) is 1. The van der Waals surface area contributed by atoms with Crippen LogP contribution in [0, 0.1) is 5.92 Å².